The van der Waals surface area contributed by atoms with Crippen LogP contribution in [0.25, 0.3) is 0 Å². The second kappa shape index (κ2) is 5.01. The Kier molecular flexibility index (Phi) is 3.69. The molecule has 0 saturated heterocycles. The molecule has 0 aromatic carbocycles. The number of aromatic nitrogens is 2. The first-order chi connectivity index (χ1) is 7.09. The summed E-state index contributed by atoms with van der Waals surface area (Å²) in [6, 6.07) is -1.08. The molecule has 1 atom stereocenters. The van der Waals surface area contributed by atoms with Gasteiger partial charge in [0.05, 0.1) is 30.5 Å². The summed E-state index contributed by atoms with van der Waals surface area (Å²) in [4.78, 5) is 28.9. The fourth-order valence-corrected chi connectivity index (χ4v) is 0.879. The van der Waals surface area contributed by atoms with E-state index in [1.807, 2.05) is 0 Å². The average molecular weight is 210 g/mol. The zero-order valence-electron chi connectivity index (χ0n) is 7.75. The highest BCUT2D eigenvalue weighted by Gasteiger charge is 2.16. The molecular formula is C8H10N4O3. The first-order valence-electron chi connectivity index (χ1n) is 4.13. The molecule has 0 saturated carbocycles. The van der Waals surface area contributed by atoms with Crippen LogP contribution in [0.15, 0.2) is 18.7 Å². The number of hydrogen-bond donors (Lipinski definition) is 3. The molecule has 1 heterocycles. The quantitative estimate of drug-likeness (QED) is 0.599. The van der Waals surface area contributed by atoms with Crippen LogP contribution in [0.3, 0.4) is 0 Å². The highest BCUT2D eigenvalue weighted by molar-refractivity contribution is 5.96. The van der Waals surface area contributed by atoms with Gasteiger partial charge in [-0.1, -0.05) is 0 Å². The van der Waals surface area contributed by atoms with E-state index >= 15 is 0 Å². The summed E-state index contributed by atoms with van der Waals surface area (Å²) in [6.45, 7) is 0. The van der Waals surface area contributed by atoms with Crippen molar-refractivity contribution in [3.63, 3.8) is 0 Å². The van der Waals surface area contributed by atoms with Crippen LogP contribution in [0.5, 0.6) is 0 Å². The van der Waals surface area contributed by atoms with E-state index in [2.05, 4.69) is 15.3 Å². The minimum atomic E-state index is -1.12. The third-order valence-corrected chi connectivity index (χ3v) is 1.56. The van der Waals surface area contributed by atoms with Crippen LogP contribution >= 0.6 is 0 Å². The van der Waals surface area contributed by atoms with E-state index in [0.29, 0.717) is 5.69 Å². The molecular weight excluding hydrogens is 200 g/mol. The van der Waals surface area contributed by atoms with E-state index in [-0.39, 0.29) is 0 Å². The number of carboxylic acids is 1. The fourth-order valence-electron chi connectivity index (χ4n) is 0.879. The van der Waals surface area contributed by atoms with Gasteiger partial charge in [-0.05, 0) is 0 Å². The molecule has 0 aliphatic rings. The molecule has 80 valence electrons. The van der Waals surface area contributed by atoms with Crippen molar-refractivity contribution in [3.05, 3.63) is 18.7 Å². The molecule has 0 spiro atoms. The topological polar surface area (TPSA) is 118 Å². The Balaban J connectivity index is 2.52. The highest BCUT2D eigenvalue weighted by Crippen LogP contribution is 2.01. The largest absolute Gasteiger partial charge is 0.481 e. The van der Waals surface area contributed by atoms with Gasteiger partial charge in [-0.3, -0.25) is 9.59 Å². The van der Waals surface area contributed by atoms with E-state index in [0.717, 1.165) is 0 Å². The second-order valence-electron chi connectivity index (χ2n) is 2.82. The molecule has 1 rings (SSSR count). The Morgan fingerprint density at radius 2 is 2.07 bits per heavy atom. The van der Waals surface area contributed by atoms with Gasteiger partial charge in [0.1, 0.15) is 6.33 Å². The molecule has 0 radical (unpaired) electrons. The third-order valence-electron chi connectivity index (χ3n) is 1.56. The third kappa shape index (κ3) is 3.69. The zero-order valence-corrected chi connectivity index (χ0v) is 7.75. The predicted octanol–water partition coefficient (Wildman–Crippen LogP) is -0.783. The van der Waals surface area contributed by atoms with E-state index in [4.69, 9.17) is 10.8 Å². The summed E-state index contributed by atoms with van der Waals surface area (Å²) in [5, 5.41) is 10.8. The molecule has 1 aromatic rings. The lowest BCUT2D eigenvalue weighted by Gasteiger charge is -2.08. The lowest BCUT2D eigenvalue weighted by atomic mass is 10.2. The molecule has 1 aromatic heterocycles. The summed E-state index contributed by atoms with van der Waals surface area (Å²) < 4.78 is 0. The van der Waals surface area contributed by atoms with Gasteiger partial charge < -0.3 is 16.2 Å². The number of nitrogens with one attached hydrogen (secondary N) is 1. The van der Waals surface area contributed by atoms with Crippen LogP contribution in [0.4, 0.5) is 5.69 Å². The summed E-state index contributed by atoms with van der Waals surface area (Å²) in [5.41, 5.74) is 5.71. The van der Waals surface area contributed by atoms with Gasteiger partial charge in [-0.2, -0.15) is 0 Å². The molecule has 15 heavy (non-hydrogen) atoms. The Hall–Kier alpha value is -2.02. The number of carbonyl (C=O) groups is 2. The monoisotopic (exact) mass is 210 g/mol. The van der Waals surface area contributed by atoms with Crippen molar-refractivity contribution in [3.8, 4) is 0 Å². The van der Waals surface area contributed by atoms with E-state index < -0.39 is 24.3 Å². The second-order valence-corrected chi connectivity index (χ2v) is 2.82. The van der Waals surface area contributed by atoms with Gasteiger partial charge in [0.2, 0.25) is 5.91 Å². The number of nitrogens with zero attached hydrogens (tertiary/aromatic N) is 2. The number of carboxylic acid groups (broad SMARTS) is 1. The molecule has 1 amide bonds. The van der Waals surface area contributed by atoms with Gasteiger partial charge in [0.25, 0.3) is 0 Å². The zero-order chi connectivity index (χ0) is 11.3. The van der Waals surface area contributed by atoms with Crippen LogP contribution < -0.4 is 11.1 Å². The maximum atomic E-state index is 11.3. The molecule has 4 N–H and O–H groups in total. The van der Waals surface area contributed by atoms with Gasteiger partial charge in [-0.25, -0.2) is 9.97 Å². The molecule has 0 aliphatic heterocycles. The maximum absolute atomic E-state index is 11.3. The lowest BCUT2D eigenvalue weighted by Crippen LogP contribution is -2.37. The minimum absolute atomic E-state index is 0.378. The summed E-state index contributed by atoms with van der Waals surface area (Å²) in [7, 11) is 0. The summed E-state index contributed by atoms with van der Waals surface area (Å²) in [5.74, 6) is -1.70. The van der Waals surface area contributed by atoms with Gasteiger partial charge in [0.15, 0.2) is 0 Å². The first-order valence-corrected chi connectivity index (χ1v) is 4.13. The Morgan fingerprint density at radius 1 is 1.47 bits per heavy atom. The van der Waals surface area contributed by atoms with Gasteiger partial charge in [0, 0.05) is 0 Å². The van der Waals surface area contributed by atoms with Crippen LogP contribution in [-0.4, -0.2) is 33.0 Å². The first kappa shape index (κ1) is 11.1. The lowest BCUT2D eigenvalue weighted by molar-refractivity contribution is -0.138. The fraction of sp³-hybridized carbons (Fsp3) is 0.250. The van der Waals surface area contributed by atoms with E-state index in [9.17, 15) is 9.59 Å². The van der Waals surface area contributed by atoms with Crippen LogP contribution in [-0.2, 0) is 9.59 Å². The smallest absolute Gasteiger partial charge is 0.305 e. The van der Waals surface area contributed by atoms with Gasteiger partial charge in [-0.15, -0.1) is 0 Å². The van der Waals surface area contributed by atoms with Gasteiger partial charge >= 0.3 is 5.97 Å². The molecule has 0 aliphatic carbocycles. The van der Waals surface area contributed by atoms with Crippen molar-refractivity contribution >= 4 is 17.6 Å². The number of anilines is 1. The van der Waals surface area contributed by atoms with Crippen molar-refractivity contribution in [2.24, 2.45) is 5.73 Å². The molecule has 0 fully saturated rings. The minimum Gasteiger partial charge on any atom is -0.481 e. The maximum Gasteiger partial charge on any atom is 0.305 e. The number of rotatable bonds is 4. The van der Waals surface area contributed by atoms with Crippen molar-refractivity contribution in [1.82, 2.24) is 9.97 Å². The van der Waals surface area contributed by atoms with Crippen molar-refractivity contribution in [2.45, 2.75) is 12.5 Å². The molecule has 7 nitrogen and oxygen atoms in total. The summed E-state index contributed by atoms with van der Waals surface area (Å²) in [6.07, 6.45) is 3.67. The van der Waals surface area contributed by atoms with Crippen LogP contribution in [0.2, 0.25) is 0 Å². The Bertz CT molecular complexity index is 354. The number of amides is 1. The molecule has 0 bridgehead atoms. The van der Waals surface area contributed by atoms with Crippen molar-refractivity contribution in [2.75, 3.05) is 5.32 Å². The van der Waals surface area contributed by atoms with Crippen LogP contribution in [0, 0.1) is 0 Å². The number of aliphatic carboxylic acids is 1. The average Bonchev–Trinajstić information content (AvgIpc) is 2.18. The SMILES string of the molecule is NC(CC(=O)O)C(=O)Nc1cncnc1. The Labute approximate surface area is 85.3 Å². The normalized spacial score (nSPS) is 11.8. The number of carbonyl (C=O) groups excluding carboxylic acids is 1. The molecule has 7 heteroatoms. The molecule has 1 unspecified atom stereocenters. The summed E-state index contributed by atoms with van der Waals surface area (Å²) >= 11 is 0. The number of hydrogen-bond acceptors (Lipinski definition) is 5. The number of nitrogens with two attached hydrogens (primary N) is 1. The van der Waals surface area contributed by atoms with Crippen LogP contribution in [0.1, 0.15) is 6.42 Å². The predicted molar refractivity (Wildman–Crippen MR) is 50.9 cm³/mol. The van der Waals surface area contributed by atoms with E-state index in [1.54, 1.807) is 0 Å². The van der Waals surface area contributed by atoms with E-state index in [1.165, 1.54) is 18.7 Å². The highest BCUT2D eigenvalue weighted by atomic mass is 16.4. The van der Waals surface area contributed by atoms with Crippen molar-refractivity contribution in [1.29, 1.82) is 0 Å². The Morgan fingerprint density at radius 3 is 2.60 bits per heavy atom. The standard InChI is InChI=1S/C8H10N4O3/c9-6(1-7(13)14)8(15)12-5-2-10-4-11-3-5/h2-4,6H,1,9H2,(H,12,15)(H,13,14). The van der Waals surface area contributed by atoms with Crippen molar-refractivity contribution < 1.29 is 14.7 Å².